The fraction of sp³-hybridized carbons (Fsp3) is 0.312. The zero-order valence-electron chi connectivity index (χ0n) is 13.1. The maximum atomic E-state index is 12.6. The van der Waals surface area contributed by atoms with Gasteiger partial charge in [0.2, 0.25) is 5.78 Å². The van der Waals surface area contributed by atoms with Gasteiger partial charge in [0.15, 0.2) is 0 Å². The van der Waals surface area contributed by atoms with Crippen LogP contribution in [0.25, 0.3) is 0 Å². The van der Waals surface area contributed by atoms with Crippen molar-refractivity contribution in [2.75, 3.05) is 13.7 Å². The summed E-state index contributed by atoms with van der Waals surface area (Å²) in [6.07, 6.45) is -0.886. The highest BCUT2D eigenvalue weighted by Crippen LogP contribution is 2.09. The van der Waals surface area contributed by atoms with Gasteiger partial charge < -0.3 is 4.74 Å². The number of aryl methyl sites for hydroxylation is 1. The summed E-state index contributed by atoms with van der Waals surface area (Å²) in [5, 5.41) is 5.08. The van der Waals surface area contributed by atoms with Gasteiger partial charge in [0, 0.05) is 13.2 Å². The Balaban J connectivity index is 2.93. The molecule has 0 fully saturated rings. The Hall–Kier alpha value is -2.57. The molecular weight excluding hydrogens is 306 g/mol. The number of alkyl halides is 2. The number of carbonyl (C=O) groups excluding carboxylic acids is 2. The van der Waals surface area contributed by atoms with Crippen molar-refractivity contribution in [3.63, 3.8) is 0 Å². The molecular formula is C16H18F2N2O3. The topological polar surface area (TPSA) is 59.0 Å². The fourth-order valence-corrected chi connectivity index (χ4v) is 1.57. The molecule has 1 aromatic rings. The van der Waals surface area contributed by atoms with Crippen LogP contribution >= 0.6 is 0 Å². The molecule has 0 atom stereocenters. The minimum atomic E-state index is -3.29. The Kier molecular flexibility index (Phi) is 7.05. The largest absolute Gasteiger partial charge is 0.462 e. The van der Waals surface area contributed by atoms with Crippen LogP contribution in [0.2, 0.25) is 0 Å². The molecule has 0 aromatic heterocycles. The van der Waals surface area contributed by atoms with E-state index in [1.807, 2.05) is 31.2 Å². The van der Waals surface area contributed by atoms with E-state index in [9.17, 15) is 18.4 Å². The third-order valence-corrected chi connectivity index (χ3v) is 2.74. The molecule has 5 nitrogen and oxygen atoms in total. The van der Waals surface area contributed by atoms with E-state index in [0.717, 1.165) is 22.3 Å². The second kappa shape index (κ2) is 8.77. The SMILES string of the molecule is CCOC(=O)C(=CN(C)N=Cc1ccc(C)cc1)C(=O)C(F)F. The number of hydrogen-bond donors (Lipinski definition) is 0. The lowest BCUT2D eigenvalue weighted by Gasteiger charge is -2.10. The predicted molar refractivity (Wildman–Crippen MR) is 82.3 cm³/mol. The van der Waals surface area contributed by atoms with E-state index >= 15 is 0 Å². The van der Waals surface area contributed by atoms with Gasteiger partial charge in [-0.25, -0.2) is 13.6 Å². The fourth-order valence-electron chi connectivity index (χ4n) is 1.57. The normalized spacial score (nSPS) is 11.8. The van der Waals surface area contributed by atoms with E-state index in [4.69, 9.17) is 0 Å². The van der Waals surface area contributed by atoms with E-state index in [2.05, 4.69) is 9.84 Å². The summed E-state index contributed by atoms with van der Waals surface area (Å²) in [6, 6.07) is 7.43. The van der Waals surface area contributed by atoms with Crippen molar-refractivity contribution >= 4 is 18.0 Å². The molecule has 1 aromatic carbocycles. The van der Waals surface area contributed by atoms with E-state index in [-0.39, 0.29) is 6.61 Å². The van der Waals surface area contributed by atoms with Crippen molar-refractivity contribution in [2.24, 2.45) is 5.10 Å². The van der Waals surface area contributed by atoms with Crippen LogP contribution in [-0.2, 0) is 14.3 Å². The highest BCUT2D eigenvalue weighted by molar-refractivity contribution is 6.18. The van der Waals surface area contributed by atoms with Gasteiger partial charge in [0.1, 0.15) is 5.57 Å². The number of ether oxygens (including phenoxy) is 1. The number of benzene rings is 1. The summed E-state index contributed by atoms with van der Waals surface area (Å²) in [5.74, 6) is -2.70. The molecule has 0 heterocycles. The lowest BCUT2D eigenvalue weighted by Crippen LogP contribution is -2.23. The number of nitrogens with zero attached hydrogens (tertiary/aromatic N) is 2. The van der Waals surface area contributed by atoms with Crippen molar-refractivity contribution < 1.29 is 23.1 Å². The molecule has 0 saturated heterocycles. The third-order valence-electron chi connectivity index (χ3n) is 2.74. The van der Waals surface area contributed by atoms with Crippen LogP contribution in [0.4, 0.5) is 8.78 Å². The first kappa shape index (κ1) is 18.5. The molecule has 0 bridgehead atoms. The molecule has 23 heavy (non-hydrogen) atoms. The Labute approximate surface area is 133 Å². The molecule has 0 saturated carbocycles. The maximum Gasteiger partial charge on any atom is 0.343 e. The van der Waals surface area contributed by atoms with Gasteiger partial charge in [-0.2, -0.15) is 5.10 Å². The molecule has 1 rings (SSSR count). The minimum absolute atomic E-state index is 0.0248. The zero-order valence-corrected chi connectivity index (χ0v) is 13.1. The smallest absolute Gasteiger partial charge is 0.343 e. The molecule has 0 unspecified atom stereocenters. The zero-order chi connectivity index (χ0) is 17.4. The molecule has 0 aliphatic heterocycles. The first-order valence-electron chi connectivity index (χ1n) is 6.90. The van der Waals surface area contributed by atoms with Crippen LogP contribution in [0.15, 0.2) is 41.1 Å². The van der Waals surface area contributed by atoms with Crippen LogP contribution < -0.4 is 0 Å². The van der Waals surface area contributed by atoms with Crippen LogP contribution in [0.3, 0.4) is 0 Å². The molecule has 0 aliphatic rings. The highest BCUT2D eigenvalue weighted by Gasteiger charge is 2.27. The summed E-state index contributed by atoms with van der Waals surface area (Å²) in [6.45, 7) is 3.43. The average Bonchev–Trinajstić information content (AvgIpc) is 2.51. The van der Waals surface area contributed by atoms with E-state index in [1.54, 1.807) is 0 Å². The summed E-state index contributed by atoms with van der Waals surface area (Å²) < 4.78 is 29.7. The molecule has 7 heteroatoms. The summed E-state index contributed by atoms with van der Waals surface area (Å²) in [7, 11) is 1.42. The van der Waals surface area contributed by atoms with Gasteiger partial charge in [-0.3, -0.25) is 9.80 Å². The highest BCUT2D eigenvalue weighted by atomic mass is 19.3. The lowest BCUT2D eigenvalue weighted by molar-refractivity contribution is -0.141. The first-order valence-corrected chi connectivity index (χ1v) is 6.90. The van der Waals surface area contributed by atoms with Crippen molar-refractivity contribution in [1.29, 1.82) is 0 Å². The minimum Gasteiger partial charge on any atom is -0.462 e. The second-order valence-electron chi connectivity index (χ2n) is 4.66. The number of esters is 1. The van der Waals surface area contributed by atoms with Crippen LogP contribution in [-0.4, -0.2) is 43.1 Å². The van der Waals surface area contributed by atoms with E-state index < -0.39 is 23.8 Å². The number of carbonyl (C=O) groups is 2. The van der Waals surface area contributed by atoms with Gasteiger partial charge in [0.25, 0.3) is 0 Å². The molecule has 0 radical (unpaired) electrons. The number of ketones is 1. The van der Waals surface area contributed by atoms with E-state index in [1.165, 1.54) is 20.2 Å². The molecule has 0 N–H and O–H groups in total. The van der Waals surface area contributed by atoms with Gasteiger partial charge in [-0.05, 0) is 19.4 Å². The van der Waals surface area contributed by atoms with Crippen molar-refractivity contribution in [3.05, 3.63) is 47.2 Å². The maximum absolute atomic E-state index is 12.6. The van der Waals surface area contributed by atoms with Gasteiger partial charge >= 0.3 is 12.4 Å². The van der Waals surface area contributed by atoms with Crippen molar-refractivity contribution in [3.8, 4) is 0 Å². The van der Waals surface area contributed by atoms with Gasteiger partial charge in [-0.1, -0.05) is 29.8 Å². The van der Waals surface area contributed by atoms with Crippen LogP contribution in [0.5, 0.6) is 0 Å². The van der Waals surface area contributed by atoms with E-state index in [0.29, 0.717) is 0 Å². The quantitative estimate of drug-likeness (QED) is 0.193. The summed E-state index contributed by atoms with van der Waals surface area (Å²) >= 11 is 0. The number of halogens is 2. The van der Waals surface area contributed by atoms with Gasteiger partial charge in [-0.15, -0.1) is 0 Å². The molecule has 124 valence electrons. The Morgan fingerprint density at radius 1 is 1.30 bits per heavy atom. The Morgan fingerprint density at radius 3 is 2.43 bits per heavy atom. The summed E-state index contributed by atoms with van der Waals surface area (Å²) in [5.41, 5.74) is 1.13. The number of hydrogen-bond acceptors (Lipinski definition) is 5. The lowest BCUT2D eigenvalue weighted by atomic mass is 10.2. The Bertz CT molecular complexity index is 610. The molecule has 0 spiro atoms. The van der Waals surface area contributed by atoms with Crippen molar-refractivity contribution in [1.82, 2.24) is 5.01 Å². The number of Topliss-reactive ketones (excluding diaryl/α,β-unsaturated/α-hetero) is 1. The summed E-state index contributed by atoms with van der Waals surface area (Å²) in [4.78, 5) is 23.0. The molecule has 0 amide bonds. The Morgan fingerprint density at radius 2 is 1.91 bits per heavy atom. The standard InChI is InChI=1S/C16H18F2N2O3/c1-4-23-16(22)13(14(21)15(17)18)10-20(3)19-9-12-7-5-11(2)6-8-12/h5-10,15H,4H2,1-3H3. The van der Waals surface area contributed by atoms with Crippen LogP contribution in [0, 0.1) is 6.92 Å². The number of hydrazone groups is 1. The van der Waals surface area contributed by atoms with Crippen molar-refractivity contribution in [2.45, 2.75) is 20.3 Å². The third kappa shape index (κ3) is 5.98. The number of rotatable bonds is 7. The second-order valence-corrected chi connectivity index (χ2v) is 4.66. The molecule has 0 aliphatic carbocycles. The van der Waals surface area contributed by atoms with Gasteiger partial charge in [0.05, 0.1) is 12.8 Å². The predicted octanol–water partition coefficient (Wildman–Crippen LogP) is 2.54. The van der Waals surface area contributed by atoms with Crippen LogP contribution in [0.1, 0.15) is 18.1 Å². The average molecular weight is 324 g/mol. The monoisotopic (exact) mass is 324 g/mol. The first-order chi connectivity index (χ1) is 10.8.